The maximum absolute atomic E-state index is 12.3. The molecular formula is C23H29N3O2. The van der Waals surface area contributed by atoms with Crippen molar-refractivity contribution < 1.29 is 9.53 Å². The van der Waals surface area contributed by atoms with E-state index in [2.05, 4.69) is 35.2 Å². The van der Waals surface area contributed by atoms with E-state index in [1.807, 2.05) is 43.3 Å². The molecule has 2 aromatic rings. The number of aryl methyl sites for hydroxylation is 1. The first-order chi connectivity index (χ1) is 13.6. The summed E-state index contributed by atoms with van der Waals surface area (Å²) in [6.45, 7) is 8.85. The summed E-state index contributed by atoms with van der Waals surface area (Å²) in [6.07, 6.45) is 3.33. The highest BCUT2D eigenvalue weighted by atomic mass is 16.5. The topological polar surface area (TPSA) is 44.8 Å². The van der Waals surface area contributed by atoms with Crippen molar-refractivity contribution in [2.75, 3.05) is 50.1 Å². The number of carbonyl (C=O) groups excluding carboxylic acids is 1. The lowest BCUT2D eigenvalue weighted by molar-refractivity contribution is -0.111. The van der Waals surface area contributed by atoms with Gasteiger partial charge in [-0.05, 0) is 56.8 Å². The predicted molar refractivity (Wildman–Crippen MR) is 116 cm³/mol. The largest absolute Gasteiger partial charge is 0.493 e. The molecule has 1 aliphatic rings. The average Bonchev–Trinajstić information content (AvgIpc) is 2.69. The zero-order chi connectivity index (χ0) is 19.9. The first-order valence-corrected chi connectivity index (χ1v) is 9.82. The lowest BCUT2D eigenvalue weighted by Gasteiger charge is -2.35. The molecule has 2 aromatic carbocycles. The average molecular weight is 380 g/mol. The number of hydrogen-bond donors (Lipinski definition) is 1. The minimum absolute atomic E-state index is 0.155. The summed E-state index contributed by atoms with van der Waals surface area (Å²) in [5.41, 5.74) is 4.12. The van der Waals surface area contributed by atoms with Crippen LogP contribution in [0.15, 0.2) is 48.5 Å². The van der Waals surface area contributed by atoms with Crippen molar-refractivity contribution >= 4 is 23.4 Å². The second-order valence-corrected chi connectivity index (χ2v) is 7.09. The Morgan fingerprint density at radius 2 is 1.89 bits per heavy atom. The van der Waals surface area contributed by atoms with Gasteiger partial charge in [0.1, 0.15) is 5.75 Å². The molecule has 0 saturated carbocycles. The molecule has 148 valence electrons. The van der Waals surface area contributed by atoms with Gasteiger partial charge in [-0.1, -0.05) is 18.2 Å². The number of nitrogens with zero attached hydrogens (tertiary/aromatic N) is 2. The molecule has 0 aromatic heterocycles. The molecule has 1 saturated heterocycles. The van der Waals surface area contributed by atoms with Crippen molar-refractivity contribution in [3.63, 3.8) is 0 Å². The molecule has 1 N–H and O–H groups in total. The minimum atomic E-state index is -0.155. The Morgan fingerprint density at radius 3 is 2.61 bits per heavy atom. The van der Waals surface area contributed by atoms with Crippen LogP contribution in [-0.2, 0) is 4.79 Å². The van der Waals surface area contributed by atoms with Crippen molar-refractivity contribution in [2.24, 2.45) is 0 Å². The molecule has 0 bridgehead atoms. The Bertz CT molecular complexity index is 839. The van der Waals surface area contributed by atoms with Gasteiger partial charge < -0.3 is 19.9 Å². The number of ether oxygens (including phenoxy) is 1. The van der Waals surface area contributed by atoms with E-state index in [-0.39, 0.29) is 5.91 Å². The molecule has 0 atom stereocenters. The van der Waals surface area contributed by atoms with Crippen LogP contribution in [0.2, 0.25) is 0 Å². The fourth-order valence-electron chi connectivity index (χ4n) is 3.39. The van der Waals surface area contributed by atoms with Crippen molar-refractivity contribution in [1.29, 1.82) is 0 Å². The van der Waals surface area contributed by atoms with Crippen LogP contribution >= 0.6 is 0 Å². The Kier molecular flexibility index (Phi) is 6.71. The lowest BCUT2D eigenvalue weighted by Crippen LogP contribution is -2.44. The van der Waals surface area contributed by atoms with Crippen molar-refractivity contribution in [2.45, 2.75) is 13.8 Å². The number of anilines is 2. The normalized spacial score (nSPS) is 15.0. The number of rotatable bonds is 6. The quantitative estimate of drug-likeness (QED) is 0.776. The van der Waals surface area contributed by atoms with E-state index in [4.69, 9.17) is 4.74 Å². The summed E-state index contributed by atoms with van der Waals surface area (Å²) in [7, 11) is 2.16. The van der Waals surface area contributed by atoms with E-state index < -0.39 is 0 Å². The van der Waals surface area contributed by atoms with Gasteiger partial charge in [0.05, 0.1) is 6.61 Å². The van der Waals surface area contributed by atoms with Crippen LogP contribution in [0.3, 0.4) is 0 Å². The molecule has 0 spiro atoms. The molecule has 0 radical (unpaired) electrons. The van der Waals surface area contributed by atoms with E-state index in [1.165, 1.54) is 11.3 Å². The maximum Gasteiger partial charge on any atom is 0.248 e. The highest BCUT2D eigenvalue weighted by Crippen LogP contribution is 2.25. The molecule has 1 heterocycles. The molecule has 1 aliphatic heterocycles. The van der Waals surface area contributed by atoms with Crippen LogP contribution < -0.4 is 15.0 Å². The van der Waals surface area contributed by atoms with E-state index >= 15 is 0 Å². The Morgan fingerprint density at radius 1 is 1.14 bits per heavy atom. The SMILES string of the molecule is CCOc1ccccc1/C=C/C(=O)Nc1ccc(N2CCN(C)CC2)c(C)c1. The zero-order valence-corrected chi connectivity index (χ0v) is 16.9. The second-order valence-electron chi connectivity index (χ2n) is 7.09. The van der Waals surface area contributed by atoms with E-state index in [9.17, 15) is 4.79 Å². The third-order valence-corrected chi connectivity index (χ3v) is 4.94. The van der Waals surface area contributed by atoms with Crippen LogP contribution in [-0.4, -0.2) is 50.6 Å². The Labute approximate surface area is 167 Å². The van der Waals surface area contributed by atoms with Crippen molar-refractivity contribution in [1.82, 2.24) is 4.90 Å². The van der Waals surface area contributed by atoms with Crippen LogP contribution in [0.1, 0.15) is 18.1 Å². The van der Waals surface area contributed by atoms with Crippen LogP contribution in [0, 0.1) is 6.92 Å². The van der Waals surface area contributed by atoms with Gasteiger partial charge in [-0.25, -0.2) is 0 Å². The second kappa shape index (κ2) is 9.42. The summed E-state index contributed by atoms with van der Waals surface area (Å²) >= 11 is 0. The van der Waals surface area contributed by atoms with Gasteiger partial charge in [-0.3, -0.25) is 4.79 Å². The maximum atomic E-state index is 12.3. The lowest BCUT2D eigenvalue weighted by atomic mass is 10.1. The van der Waals surface area contributed by atoms with Crippen LogP contribution in [0.4, 0.5) is 11.4 Å². The summed E-state index contributed by atoms with van der Waals surface area (Å²) in [5, 5.41) is 2.95. The van der Waals surface area contributed by atoms with Gasteiger partial charge in [-0.2, -0.15) is 0 Å². The minimum Gasteiger partial charge on any atom is -0.493 e. The third kappa shape index (κ3) is 5.14. The fourth-order valence-corrected chi connectivity index (χ4v) is 3.39. The Balaban J connectivity index is 1.64. The van der Waals surface area contributed by atoms with Crippen molar-refractivity contribution in [3.05, 3.63) is 59.7 Å². The smallest absolute Gasteiger partial charge is 0.248 e. The molecule has 5 nitrogen and oxygen atoms in total. The summed E-state index contributed by atoms with van der Waals surface area (Å²) < 4.78 is 5.59. The first-order valence-electron chi connectivity index (χ1n) is 9.82. The van der Waals surface area contributed by atoms with Gasteiger partial charge in [0.25, 0.3) is 0 Å². The third-order valence-electron chi connectivity index (χ3n) is 4.94. The first kappa shape index (κ1) is 20.0. The number of nitrogens with one attached hydrogen (secondary N) is 1. The molecular weight excluding hydrogens is 350 g/mol. The van der Waals surface area contributed by atoms with E-state index in [1.54, 1.807) is 12.2 Å². The van der Waals surface area contributed by atoms with Crippen LogP contribution in [0.5, 0.6) is 5.75 Å². The Hall–Kier alpha value is -2.79. The molecule has 1 amide bonds. The van der Waals surface area contributed by atoms with Gasteiger partial charge in [0, 0.05) is 49.2 Å². The highest BCUT2D eigenvalue weighted by molar-refractivity contribution is 6.02. The number of hydrogen-bond acceptors (Lipinski definition) is 4. The zero-order valence-electron chi connectivity index (χ0n) is 16.9. The van der Waals surface area contributed by atoms with Crippen molar-refractivity contribution in [3.8, 4) is 5.75 Å². The highest BCUT2D eigenvalue weighted by Gasteiger charge is 2.16. The molecule has 28 heavy (non-hydrogen) atoms. The van der Waals surface area contributed by atoms with Gasteiger partial charge >= 0.3 is 0 Å². The molecule has 0 aliphatic carbocycles. The standard InChI is InChI=1S/C23H29N3O2/c1-4-28-22-8-6-5-7-19(22)9-12-23(27)24-20-10-11-21(18(2)17-20)26-15-13-25(3)14-16-26/h5-12,17H,4,13-16H2,1-3H3,(H,24,27)/b12-9+. The number of likely N-dealkylation sites (N-methyl/N-ethyl adjacent to an activating group) is 1. The molecule has 5 heteroatoms. The van der Waals surface area contributed by atoms with Gasteiger partial charge in [0.15, 0.2) is 0 Å². The van der Waals surface area contributed by atoms with Gasteiger partial charge in [0.2, 0.25) is 5.91 Å². The molecule has 3 rings (SSSR count). The summed E-state index contributed by atoms with van der Waals surface area (Å²) in [4.78, 5) is 17.1. The van der Waals surface area contributed by atoms with E-state index in [0.717, 1.165) is 43.2 Å². The summed E-state index contributed by atoms with van der Waals surface area (Å²) in [6, 6.07) is 13.8. The van der Waals surface area contributed by atoms with Gasteiger partial charge in [-0.15, -0.1) is 0 Å². The number of amides is 1. The van der Waals surface area contributed by atoms with Crippen LogP contribution in [0.25, 0.3) is 6.08 Å². The number of carbonyl (C=O) groups is 1. The number of para-hydroxylation sites is 1. The summed E-state index contributed by atoms with van der Waals surface area (Å²) in [5.74, 6) is 0.625. The molecule has 1 fully saturated rings. The molecule has 0 unspecified atom stereocenters. The number of piperazine rings is 1. The van der Waals surface area contributed by atoms with E-state index in [0.29, 0.717) is 6.61 Å². The monoisotopic (exact) mass is 379 g/mol. The number of benzene rings is 2. The predicted octanol–water partition coefficient (Wildman–Crippen LogP) is 3.80. The fraction of sp³-hybridized carbons (Fsp3) is 0.348.